The van der Waals surface area contributed by atoms with Crippen LogP contribution in [0.4, 0.5) is 5.69 Å². The van der Waals surface area contributed by atoms with E-state index in [0.29, 0.717) is 38.3 Å². The number of piperazine rings is 1. The molecule has 36 heavy (non-hydrogen) atoms. The molecule has 3 aromatic rings. The molecule has 0 spiro atoms. The molecule has 1 saturated heterocycles. The molecule has 1 fully saturated rings. The minimum Gasteiger partial charge on any atom is -0.368 e. The van der Waals surface area contributed by atoms with Crippen molar-refractivity contribution in [3.8, 4) is 0 Å². The molecule has 3 heterocycles. The fourth-order valence-corrected chi connectivity index (χ4v) is 5.34. The SMILES string of the molecule is CCn1nc(C(=O)N2CCN(c3ccccc3)CC2)c2c1CCN(C(=O)CCCc1ccccc1)C2. The van der Waals surface area contributed by atoms with Crippen molar-refractivity contribution in [1.29, 1.82) is 0 Å². The molecule has 0 saturated carbocycles. The van der Waals surface area contributed by atoms with Crippen molar-refractivity contribution in [3.05, 3.63) is 83.2 Å². The Balaban J connectivity index is 1.23. The summed E-state index contributed by atoms with van der Waals surface area (Å²) >= 11 is 0. The summed E-state index contributed by atoms with van der Waals surface area (Å²) in [4.78, 5) is 32.8. The van der Waals surface area contributed by atoms with Crippen LogP contribution in [0, 0.1) is 0 Å². The topological polar surface area (TPSA) is 61.7 Å². The molecule has 2 aromatic carbocycles. The van der Waals surface area contributed by atoms with E-state index >= 15 is 0 Å². The van der Waals surface area contributed by atoms with Crippen LogP contribution in [0.25, 0.3) is 0 Å². The zero-order valence-electron chi connectivity index (χ0n) is 21.1. The summed E-state index contributed by atoms with van der Waals surface area (Å²) in [5.74, 6) is 0.153. The van der Waals surface area contributed by atoms with Crippen LogP contribution in [0.1, 0.15) is 47.1 Å². The Bertz CT molecular complexity index is 1180. The van der Waals surface area contributed by atoms with Gasteiger partial charge in [-0.3, -0.25) is 14.3 Å². The molecule has 2 amide bonds. The average Bonchev–Trinajstić information content (AvgIpc) is 3.32. The molecular weight excluding hydrogens is 450 g/mol. The predicted octanol–water partition coefficient (Wildman–Crippen LogP) is 3.77. The van der Waals surface area contributed by atoms with Gasteiger partial charge in [-0.2, -0.15) is 5.10 Å². The number of aromatic nitrogens is 2. The lowest BCUT2D eigenvalue weighted by Crippen LogP contribution is -2.49. The zero-order valence-corrected chi connectivity index (χ0v) is 21.1. The lowest BCUT2D eigenvalue weighted by Gasteiger charge is -2.36. The van der Waals surface area contributed by atoms with Crippen molar-refractivity contribution >= 4 is 17.5 Å². The number of carbonyl (C=O) groups is 2. The van der Waals surface area contributed by atoms with Crippen molar-refractivity contribution in [2.45, 2.75) is 45.7 Å². The van der Waals surface area contributed by atoms with Gasteiger partial charge in [0.15, 0.2) is 5.69 Å². The van der Waals surface area contributed by atoms with Gasteiger partial charge in [0.1, 0.15) is 0 Å². The van der Waals surface area contributed by atoms with Crippen molar-refractivity contribution in [3.63, 3.8) is 0 Å². The fourth-order valence-electron chi connectivity index (χ4n) is 5.34. The molecule has 188 valence electrons. The number of aryl methyl sites for hydroxylation is 2. The van der Waals surface area contributed by atoms with Crippen LogP contribution in [0.5, 0.6) is 0 Å². The minimum atomic E-state index is -0.00969. The molecule has 0 N–H and O–H groups in total. The zero-order chi connectivity index (χ0) is 24.9. The third kappa shape index (κ3) is 5.15. The van der Waals surface area contributed by atoms with Crippen molar-refractivity contribution < 1.29 is 9.59 Å². The van der Waals surface area contributed by atoms with Crippen LogP contribution in [0.15, 0.2) is 60.7 Å². The highest BCUT2D eigenvalue weighted by molar-refractivity contribution is 5.94. The number of anilines is 1. The Hall–Kier alpha value is -3.61. The predicted molar refractivity (Wildman–Crippen MR) is 141 cm³/mol. The van der Waals surface area contributed by atoms with Crippen molar-refractivity contribution in [2.24, 2.45) is 0 Å². The van der Waals surface area contributed by atoms with E-state index in [1.807, 2.05) is 50.9 Å². The molecule has 1 aromatic heterocycles. The molecule has 0 aliphatic carbocycles. The van der Waals surface area contributed by atoms with Gasteiger partial charge < -0.3 is 14.7 Å². The standard InChI is InChI=1S/C29H35N5O2/c1-2-34-26-16-17-33(27(35)15-9-12-23-10-5-3-6-11-23)22-25(26)28(30-34)29(36)32-20-18-31(19-21-32)24-13-7-4-8-14-24/h3-8,10-11,13-14H,2,9,12,15-22H2,1H3. The number of carbonyl (C=O) groups excluding carboxylic acids is 2. The molecule has 0 atom stereocenters. The molecule has 7 heteroatoms. The van der Waals surface area contributed by atoms with Crippen LogP contribution >= 0.6 is 0 Å². The summed E-state index contributed by atoms with van der Waals surface area (Å²) < 4.78 is 1.96. The second-order valence-corrected chi connectivity index (χ2v) is 9.61. The minimum absolute atomic E-state index is 0.00969. The van der Waals surface area contributed by atoms with Crippen LogP contribution in [-0.4, -0.2) is 64.1 Å². The summed E-state index contributed by atoms with van der Waals surface area (Å²) in [7, 11) is 0. The Morgan fingerprint density at radius 2 is 1.56 bits per heavy atom. The number of benzene rings is 2. The lowest BCUT2D eigenvalue weighted by atomic mass is 10.0. The van der Waals surface area contributed by atoms with E-state index < -0.39 is 0 Å². The first kappa shape index (κ1) is 24.1. The third-order valence-electron chi connectivity index (χ3n) is 7.38. The number of para-hydroxylation sites is 1. The maximum absolute atomic E-state index is 13.6. The number of hydrogen-bond donors (Lipinski definition) is 0. The van der Waals surface area contributed by atoms with Crippen LogP contribution < -0.4 is 4.90 Å². The summed E-state index contributed by atoms with van der Waals surface area (Å²) in [6, 6.07) is 20.6. The third-order valence-corrected chi connectivity index (χ3v) is 7.38. The maximum atomic E-state index is 13.6. The summed E-state index contributed by atoms with van der Waals surface area (Å²) in [6.07, 6.45) is 3.00. The molecule has 0 unspecified atom stereocenters. The highest BCUT2D eigenvalue weighted by Gasteiger charge is 2.32. The molecule has 5 rings (SSSR count). The summed E-state index contributed by atoms with van der Waals surface area (Å²) in [5.41, 5.74) is 5.03. The van der Waals surface area contributed by atoms with Gasteiger partial charge in [-0.25, -0.2) is 0 Å². The second kappa shape index (κ2) is 11.0. The van der Waals surface area contributed by atoms with E-state index in [-0.39, 0.29) is 11.8 Å². The van der Waals surface area contributed by atoms with Gasteiger partial charge in [0.2, 0.25) is 5.91 Å². The smallest absolute Gasteiger partial charge is 0.274 e. The highest BCUT2D eigenvalue weighted by Crippen LogP contribution is 2.26. The Labute approximate surface area is 213 Å². The van der Waals surface area contributed by atoms with Gasteiger partial charge in [0, 0.05) is 75.6 Å². The largest absolute Gasteiger partial charge is 0.368 e. The maximum Gasteiger partial charge on any atom is 0.274 e. The normalized spacial score (nSPS) is 15.6. The van der Waals surface area contributed by atoms with Crippen molar-refractivity contribution in [2.75, 3.05) is 37.6 Å². The van der Waals surface area contributed by atoms with Crippen molar-refractivity contribution in [1.82, 2.24) is 19.6 Å². The van der Waals surface area contributed by atoms with Crippen LogP contribution in [0.3, 0.4) is 0 Å². The fraction of sp³-hybridized carbons (Fsp3) is 0.414. The first-order chi connectivity index (χ1) is 17.6. The summed E-state index contributed by atoms with van der Waals surface area (Å²) in [5, 5.41) is 4.73. The Kier molecular flexibility index (Phi) is 7.35. The van der Waals surface area contributed by atoms with E-state index in [9.17, 15) is 9.59 Å². The molecular formula is C29H35N5O2. The van der Waals surface area contributed by atoms with Gasteiger partial charge >= 0.3 is 0 Å². The monoisotopic (exact) mass is 485 g/mol. The first-order valence-corrected chi connectivity index (χ1v) is 13.1. The average molecular weight is 486 g/mol. The van der Waals surface area contributed by atoms with E-state index in [1.54, 1.807) is 0 Å². The van der Waals surface area contributed by atoms with Crippen LogP contribution in [0.2, 0.25) is 0 Å². The number of hydrogen-bond acceptors (Lipinski definition) is 4. The number of amides is 2. The van der Waals surface area contributed by atoms with Gasteiger partial charge in [0.25, 0.3) is 5.91 Å². The molecule has 0 bridgehead atoms. The Morgan fingerprint density at radius 1 is 0.861 bits per heavy atom. The van der Waals surface area contributed by atoms with E-state index in [2.05, 4.69) is 36.1 Å². The number of nitrogens with zero attached hydrogens (tertiary/aromatic N) is 5. The highest BCUT2D eigenvalue weighted by atomic mass is 16.2. The molecule has 2 aliphatic heterocycles. The molecule has 7 nitrogen and oxygen atoms in total. The van der Waals surface area contributed by atoms with E-state index in [1.165, 1.54) is 11.3 Å². The van der Waals surface area contributed by atoms with Gasteiger partial charge in [-0.05, 0) is 37.5 Å². The van der Waals surface area contributed by atoms with Gasteiger partial charge in [-0.15, -0.1) is 0 Å². The second-order valence-electron chi connectivity index (χ2n) is 9.61. The van der Waals surface area contributed by atoms with Crippen LogP contribution in [-0.2, 0) is 30.7 Å². The molecule has 2 aliphatic rings. The number of fused-ring (bicyclic) bond motifs is 1. The quantitative estimate of drug-likeness (QED) is 0.511. The van der Waals surface area contributed by atoms with Gasteiger partial charge in [0.05, 0.1) is 0 Å². The summed E-state index contributed by atoms with van der Waals surface area (Å²) in [6.45, 7) is 6.89. The molecule has 0 radical (unpaired) electrons. The lowest BCUT2D eigenvalue weighted by molar-refractivity contribution is -0.132. The van der Waals surface area contributed by atoms with E-state index in [4.69, 9.17) is 5.10 Å². The Morgan fingerprint density at radius 3 is 2.25 bits per heavy atom. The first-order valence-electron chi connectivity index (χ1n) is 13.1. The van der Waals surface area contributed by atoms with Gasteiger partial charge in [-0.1, -0.05) is 48.5 Å². The number of rotatable bonds is 7. The van der Waals surface area contributed by atoms with E-state index in [0.717, 1.165) is 50.2 Å².